The molecule has 0 bridgehead atoms. The number of sulfonamides is 1. The number of halogens is 1. The number of piperazine rings is 1. The molecule has 264 valence electrons. The number of benzene rings is 2. The highest BCUT2D eigenvalue weighted by Crippen LogP contribution is 2.33. The van der Waals surface area contributed by atoms with Crippen molar-refractivity contribution >= 4 is 39.5 Å². The van der Waals surface area contributed by atoms with Gasteiger partial charge in [-0.15, -0.1) is 0 Å². The first-order valence-corrected chi connectivity index (χ1v) is 18.1. The van der Waals surface area contributed by atoms with Crippen LogP contribution in [0.5, 0.6) is 0 Å². The second kappa shape index (κ2) is 13.7. The molecule has 4 aliphatic rings. The standard InChI is InChI=1S/C34H43FN6O7S/c1-34(2,3)48-33(45)36-24-9-11-40(12-10-24)49(46,47)25-6-4-5-22(17-25)20-38-13-15-39(16-14-38)29-18-23-21-41(32(44)26(23)19-27(29)35)28-7-8-30(42)37-31(28)43/h4-6,17-19,24,28H,7-16,20-21H2,1-3H3,(H,36,45)(H,37,42,43). The first-order valence-electron chi connectivity index (χ1n) is 16.7. The summed E-state index contributed by atoms with van der Waals surface area (Å²) in [4.78, 5) is 54.9. The second-order valence-electron chi connectivity index (χ2n) is 14.1. The van der Waals surface area contributed by atoms with Crippen LogP contribution in [0.2, 0.25) is 0 Å². The van der Waals surface area contributed by atoms with Gasteiger partial charge in [-0.2, -0.15) is 4.31 Å². The molecule has 15 heteroatoms. The molecule has 0 aliphatic carbocycles. The number of anilines is 1. The van der Waals surface area contributed by atoms with E-state index >= 15 is 4.39 Å². The molecule has 0 saturated carbocycles. The van der Waals surface area contributed by atoms with Gasteiger partial charge in [0, 0.05) is 70.4 Å². The predicted octanol–water partition coefficient (Wildman–Crippen LogP) is 2.59. The Labute approximate surface area is 285 Å². The summed E-state index contributed by atoms with van der Waals surface area (Å²) < 4.78 is 49.2. The summed E-state index contributed by atoms with van der Waals surface area (Å²) in [5.41, 5.74) is 1.53. The maximum absolute atomic E-state index is 15.4. The molecular weight excluding hydrogens is 655 g/mol. The SMILES string of the molecule is CC(C)(C)OC(=O)NC1CCN(S(=O)(=O)c2cccc(CN3CCN(c4cc5c(cc4F)C(=O)N(C4CCC(=O)NC4=O)C5)CC3)c2)CC1. The monoisotopic (exact) mass is 698 g/mol. The van der Waals surface area contributed by atoms with Gasteiger partial charge < -0.3 is 19.9 Å². The van der Waals surface area contributed by atoms with Crippen LogP contribution < -0.4 is 15.5 Å². The summed E-state index contributed by atoms with van der Waals surface area (Å²) in [7, 11) is -3.72. The molecule has 0 aromatic heterocycles. The van der Waals surface area contributed by atoms with Gasteiger partial charge in [0.1, 0.15) is 17.5 Å². The quantitative estimate of drug-likeness (QED) is 0.417. The van der Waals surface area contributed by atoms with Gasteiger partial charge in [-0.3, -0.25) is 24.6 Å². The average Bonchev–Trinajstić information content (AvgIpc) is 3.35. The fourth-order valence-electron chi connectivity index (χ4n) is 6.89. The maximum atomic E-state index is 15.4. The van der Waals surface area contributed by atoms with E-state index in [1.165, 1.54) is 15.3 Å². The van der Waals surface area contributed by atoms with Crippen molar-refractivity contribution in [2.24, 2.45) is 0 Å². The largest absolute Gasteiger partial charge is 0.444 e. The normalized spacial score (nSPS) is 21.5. The van der Waals surface area contributed by atoms with Crippen LogP contribution in [-0.4, -0.2) is 103 Å². The number of alkyl carbamates (subject to hydrolysis) is 1. The van der Waals surface area contributed by atoms with Crippen LogP contribution in [0.15, 0.2) is 41.3 Å². The highest BCUT2D eigenvalue weighted by atomic mass is 32.2. The number of nitrogens with zero attached hydrogens (tertiary/aromatic N) is 4. The summed E-state index contributed by atoms with van der Waals surface area (Å²) in [5, 5.41) is 5.12. The van der Waals surface area contributed by atoms with Crippen molar-refractivity contribution in [3.8, 4) is 0 Å². The van der Waals surface area contributed by atoms with Gasteiger partial charge in [0.15, 0.2) is 0 Å². The van der Waals surface area contributed by atoms with Crippen LogP contribution in [0.3, 0.4) is 0 Å². The van der Waals surface area contributed by atoms with E-state index in [-0.39, 0.29) is 54.9 Å². The molecule has 0 spiro atoms. The van der Waals surface area contributed by atoms with Crippen LogP contribution in [0.4, 0.5) is 14.9 Å². The number of carbonyl (C=O) groups is 4. The lowest BCUT2D eigenvalue weighted by atomic mass is 10.0. The summed E-state index contributed by atoms with van der Waals surface area (Å²) >= 11 is 0. The van der Waals surface area contributed by atoms with Crippen molar-refractivity contribution in [1.29, 1.82) is 0 Å². The summed E-state index contributed by atoms with van der Waals surface area (Å²) in [6.07, 6.45) is 0.860. The Morgan fingerprint density at radius 3 is 2.39 bits per heavy atom. The third-order valence-electron chi connectivity index (χ3n) is 9.42. The van der Waals surface area contributed by atoms with E-state index in [9.17, 15) is 27.6 Å². The summed E-state index contributed by atoms with van der Waals surface area (Å²) in [6, 6.07) is 8.96. The first kappa shape index (κ1) is 34.8. The Balaban J connectivity index is 1.03. The number of carbonyl (C=O) groups excluding carboxylic acids is 4. The van der Waals surface area contributed by atoms with Crippen LogP contribution in [-0.2, 0) is 37.4 Å². The average molecular weight is 699 g/mol. The number of rotatable bonds is 7. The molecule has 0 radical (unpaired) electrons. The predicted molar refractivity (Wildman–Crippen MR) is 178 cm³/mol. The zero-order valence-electron chi connectivity index (χ0n) is 28.0. The van der Waals surface area contributed by atoms with Crippen LogP contribution in [0, 0.1) is 5.82 Å². The molecule has 49 heavy (non-hydrogen) atoms. The molecular formula is C34H43FN6O7S. The van der Waals surface area contributed by atoms with Gasteiger partial charge in [-0.25, -0.2) is 17.6 Å². The Morgan fingerprint density at radius 2 is 1.71 bits per heavy atom. The number of ether oxygens (including phenoxy) is 1. The van der Waals surface area contributed by atoms with Gasteiger partial charge in [0.2, 0.25) is 21.8 Å². The smallest absolute Gasteiger partial charge is 0.407 e. The molecule has 2 aromatic rings. The number of piperidine rings is 2. The molecule has 6 rings (SSSR count). The molecule has 4 heterocycles. The summed E-state index contributed by atoms with van der Waals surface area (Å²) in [5.74, 6) is -1.79. The fourth-order valence-corrected chi connectivity index (χ4v) is 8.43. The first-order chi connectivity index (χ1) is 23.2. The van der Waals surface area contributed by atoms with E-state index in [1.807, 2.05) is 11.0 Å². The minimum atomic E-state index is -3.72. The third-order valence-corrected chi connectivity index (χ3v) is 11.3. The van der Waals surface area contributed by atoms with Crippen LogP contribution >= 0.6 is 0 Å². The zero-order valence-corrected chi connectivity index (χ0v) is 28.9. The minimum absolute atomic E-state index is 0.149. The van der Waals surface area contributed by atoms with Crippen LogP contribution in [0.1, 0.15) is 67.9 Å². The Bertz CT molecular complexity index is 1750. The zero-order chi connectivity index (χ0) is 35.1. The number of imide groups is 1. The minimum Gasteiger partial charge on any atom is -0.444 e. The molecule has 1 atom stereocenters. The Morgan fingerprint density at radius 1 is 1.00 bits per heavy atom. The molecule has 1 unspecified atom stereocenters. The van der Waals surface area contributed by atoms with Crippen molar-refractivity contribution in [3.05, 3.63) is 58.9 Å². The number of nitrogens with one attached hydrogen (secondary N) is 2. The lowest BCUT2D eigenvalue weighted by Gasteiger charge is -2.36. The molecule has 2 aromatic carbocycles. The van der Waals surface area contributed by atoms with E-state index in [2.05, 4.69) is 15.5 Å². The Hall–Kier alpha value is -4.08. The topological polar surface area (TPSA) is 149 Å². The lowest BCUT2D eigenvalue weighted by Crippen LogP contribution is -2.52. The van der Waals surface area contributed by atoms with E-state index in [1.54, 1.807) is 45.0 Å². The van der Waals surface area contributed by atoms with E-state index in [0.29, 0.717) is 56.8 Å². The van der Waals surface area contributed by atoms with Gasteiger partial charge in [0.25, 0.3) is 5.91 Å². The molecule has 4 aliphatic heterocycles. The van der Waals surface area contributed by atoms with Gasteiger partial charge in [-0.05, 0) is 75.4 Å². The number of fused-ring (bicyclic) bond motifs is 1. The number of amides is 4. The number of hydrogen-bond acceptors (Lipinski definition) is 9. The van der Waals surface area contributed by atoms with Gasteiger partial charge in [0.05, 0.1) is 10.6 Å². The van der Waals surface area contributed by atoms with E-state index < -0.39 is 45.4 Å². The lowest BCUT2D eigenvalue weighted by molar-refractivity contribution is -0.136. The Kier molecular flexibility index (Phi) is 9.70. The molecule has 2 N–H and O–H groups in total. The van der Waals surface area contributed by atoms with Gasteiger partial charge >= 0.3 is 6.09 Å². The fraction of sp³-hybridized carbons (Fsp3) is 0.529. The molecule has 3 fully saturated rings. The second-order valence-corrected chi connectivity index (χ2v) is 16.0. The number of hydrogen-bond donors (Lipinski definition) is 2. The van der Waals surface area contributed by atoms with Gasteiger partial charge in [-0.1, -0.05) is 12.1 Å². The van der Waals surface area contributed by atoms with E-state index in [0.717, 1.165) is 5.56 Å². The molecule has 4 amide bonds. The maximum Gasteiger partial charge on any atom is 0.407 e. The van der Waals surface area contributed by atoms with Crippen molar-refractivity contribution in [2.75, 3.05) is 44.2 Å². The van der Waals surface area contributed by atoms with Crippen molar-refractivity contribution in [1.82, 2.24) is 24.7 Å². The van der Waals surface area contributed by atoms with Crippen LogP contribution in [0.25, 0.3) is 0 Å². The van der Waals surface area contributed by atoms with Crippen molar-refractivity contribution in [3.63, 3.8) is 0 Å². The molecule has 3 saturated heterocycles. The highest BCUT2D eigenvalue weighted by molar-refractivity contribution is 7.89. The summed E-state index contributed by atoms with van der Waals surface area (Å²) in [6.45, 7) is 8.96. The molecule has 13 nitrogen and oxygen atoms in total. The third kappa shape index (κ3) is 7.73. The van der Waals surface area contributed by atoms with Crippen molar-refractivity contribution in [2.45, 2.75) is 82.1 Å². The highest BCUT2D eigenvalue weighted by Gasteiger charge is 2.40. The van der Waals surface area contributed by atoms with E-state index in [4.69, 9.17) is 4.74 Å². The van der Waals surface area contributed by atoms with Crippen molar-refractivity contribution < 1.29 is 36.7 Å².